The van der Waals surface area contributed by atoms with Gasteiger partial charge in [0.05, 0.1) is 0 Å². The first-order valence-electron chi connectivity index (χ1n) is 8.12. The lowest BCUT2D eigenvalue weighted by Gasteiger charge is -2.47. The smallest absolute Gasteiger partial charge is 0.293 e. The van der Waals surface area contributed by atoms with E-state index in [0.29, 0.717) is 23.9 Å². The predicted molar refractivity (Wildman–Crippen MR) is 84.7 cm³/mol. The maximum Gasteiger partial charge on any atom is 0.293 e. The first kappa shape index (κ1) is 14.6. The summed E-state index contributed by atoms with van der Waals surface area (Å²) in [6.45, 7) is 4.04. The van der Waals surface area contributed by atoms with E-state index in [2.05, 4.69) is 22.2 Å². The van der Waals surface area contributed by atoms with Gasteiger partial charge in [0.2, 0.25) is 0 Å². The Labute approximate surface area is 126 Å². The van der Waals surface area contributed by atoms with Gasteiger partial charge in [-0.3, -0.25) is 4.79 Å². The summed E-state index contributed by atoms with van der Waals surface area (Å²) in [6.07, 6.45) is 9.62. The minimum Gasteiger partial charge on any atom is -0.363 e. The summed E-state index contributed by atoms with van der Waals surface area (Å²) in [5.74, 6) is 0.513. The van der Waals surface area contributed by atoms with Crippen molar-refractivity contribution in [1.29, 1.82) is 0 Å². The van der Waals surface area contributed by atoms with Gasteiger partial charge in [0, 0.05) is 36.6 Å². The predicted octanol–water partition coefficient (Wildman–Crippen LogP) is 2.25. The highest BCUT2D eigenvalue weighted by molar-refractivity contribution is 5.33. The Morgan fingerprint density at radius 3 is 2.57 bits per heavy atom. The second kappa shape index (κ2) is 5.79. The monoisotopic (exact) mass is 290 g/mol. The van der Waals surface area contributed by atoms with Gasteiger partial charge in [-0.15, -0.1) is 0 Å². The first-order chi connectivity index (χ1) is 10.1. The molecule has 2 saturated heterocycles. The van der Waals surface area contributed by atoms with E-state index in [0.717, 1.165) is 12.8 Å². The number of hydrogen-bond donors (Lipinski definition) is 1. The van der Waals surface area contributed by atoms with Crippen LogP contribution in [0.15, 0.2) is 17.2 Å². The molecule has 0 amide bonds. The molecule has 2 aliphatic heterocycles. The second-order valence-electron chi connectivity index (χ2n) is 6.80. The van der Waals surface area contributed by atoms with Gasteiger partial charge in [-0.05, 0) is 46.6 Å². The van der Waals surface area contributed by atoms with Crippen LogP contribution in [0.1, 0.15) is 52.0 Å². The molecule has 0 saturated carbocycles. The van der Waals surface area contributed by atoms with E-state index < -0.39 is 0 Å². The van der Waals surface area contributed by atoms with Gasteiger partial charge in [-0.2, -0.15) is 0 Å². The fourth-order valence-corrected chi connectivity index (χ4v) is 3.86. The number of nitrogens with zero attached hydrogens (tertiary/aromatic N) is 3. The number of anilines is 1. The summed E-state index contributed by atoms with van der Waals surface area (Å²) in [6, 6.07) is 1.86. The molecule has 0 spiro atoms. The van der Waals surface area contributed by atoms with Crippen molar-refractivity contribution in [3.05, 3.63) is 22.7 Å². The third kappa shape index (κ3) is 2.84. The minimum absolute atomic E-state index is 0.00316. The molecule has 21 heavy (non-hydrogen) atoms. The molecule has 0 aliphatic carbocycles. The SMILES string of the molecule is CC(C)n1ccnc(NC2CC3CCCC(C2)N3C)c1=O. The molecule has 3 rings (SSSR count). The number of aromatic nitrogens is 2. The Kier molecular flexibility index (Phi) is 4.02. The second-order valence-corrected chi connectivity index (χ2v) is 6.80. The fraction of sp³-hybridized carbons (Fsp3) is 0.750. The highest BCUT2D eigenvalue weighted by atomic mass is 16.1. The van der Waals surface area contributed by atoms with Gasteiger partial charge in [0.15, 0.2) is 5.82 Å². The number of piperidine rings is 2. The summed E-state index contributed by atoms with van der Waals surface area (Å²) in [5.41, 5.74) is -0.00316. The Hall–Kier alpha value is -1.36. The summed E-state index contributed by atoms with van der Waals surface area (Å²) in [7, 11) is 2.25. The van der Waals surface area contributed by atoms with Crippen molar-refractivity contribution in [3.63, 3.8) is 0 Å². The maximum atomic E-state index is 12.4. The van der Waals surface area contributed by atoms with Crippen molar-refractivity contribution in [2.75, 3.05) is 12.4 Å². The van der Waals surface area contributed by atoms with Crippen molar-refractivity contribution >= 4 is 5.82 Å². The lowest BCUT2D eigenvalue weighted by atomic mass is 9.82. The van der Waals surface area contributed by atoms with E-state index >= 15 is 0 Å². The average molecular weight is 290 g/mol. The molecule has 1 N–H and O–H groups in total. The number of nitrogens with one attached hydrogen (secondary N) is 1. The Balaban J connectivity index is 1.76. The van der Waals surface area contributed by atoms with E-state index in [1.54, 1.807) is 17.0 Å². The third-order valence-corrected chi connectivity index (χ3v) is 5.10. The lowest BCUT2D eigenvalue weighted by molar-refractivity contribution is 0.0607. The highest BCUT2D eigenvalue weighted by Gasteiger charge is 2.36. The molecule has 1 aromatic rings. The summed E-state index contributed by atoms with van der Waals surface area (Å²) in [4.78, 5) is 19.2. The molecule has 3 heterocycles. The Bertz CT molecular complexity index is 539. The third-order valence-electron chi connectivity index (χ3n) is 5.10. The molecular formula is C16H26N4O. The Morgan fingerprint density at radius 1 is 1.29 bits per heavy atom. The van der Waals surface area contributed by atoms with Crippen LogP contribution in [0.4, 0.5) is 5.82 Å². The van der Waals surface area contributed by atoms with Crippen LogP contribution >= 0.6 is 0 Å². The van der Waals surface area contributed by atoms with E-state index in [1.165, 1.54) is 19.3 Å². The van der Waals surface area contributed by atoms with Crippen LogP contribution in [0.3, 0.4) is 0 Å². The molecule has 0 radical (unpaired) electrons. The van der Waals surface area contributed by atoms with E-state index in [9.17, 15) is 4.79 Å². The average Bonchev–Trinajstić information content (AvgIpc) is 2.42. The molecule has 2 unspecified atom stereocenters. The molecule has 0 aromatic carbocycles. The summed E-state index contributed by atoms with van der Waals surface area (Å²) < 4.78 is 1.74. The van der Waals surface area contributed by atoms with Gasteiger partial charge in [-0.1, -0.05) is 6.42 Å². The highest BCUT2D eigenvalue weighted by Crippen LogP contribution is 2.33. The van der Waals surface area contributed by atoms with Gasteiger partial charge in [-0.25, -0.2) is 4.98 Å². The molecule has 2 aliphatic rings. The number of rotatable bonds is 3. The molecule has 2 fully saturated rings. The fourth-order valence-electron chi connectivity index (χ4n) is 3.86. The van der Waals surface area contributed by atoms with Crippen LogP contribution in [0.2, 0.25) is 0 Å². The minimum atomic E-state index is -0.00316. The topological polar surface area (TPSA) is 50.2 Å². The Morgan fingerprint density at radius 2 is 1.95 bits per heavy atom. The maximum absolute atomic E-state index is 12.4. The van der Waals surface area contributed by atoms with Crippen molar-refractivity contribution in [2.45, 2.75) is 70.1 Å². The van der Waals surface area contributed by atoms with Crippen LogP contribution in [-0.4, -0.2) is 39.6 Å². The molecule has 2 atom stereocenters. The lowest BCUT2D eigenvalue weighted by Crippen LogP contribution is -2.53. The summed E-state index contributed by atoms with van der Waals surface area (Å²) >= 11 is 0. The van der Waals surface area contributed by atoms with Crippen LogP contribution in [-0.2, 0) is 0 Å². The standard InChI is InChI=1S/C16H26N4O/c1-11(2)20-8-7-17-15(16(20)21)18-12-9-13-5-4-6-14(10-12)19(13)3/h7-8,11-14H,4-6,9-10H2,1-3H3,(H,17,18). The zero-order valence-corrected chi connectivity index (χ0v) is 13.2. The molecule has 5 heteroatoms. The molecule has 5 nitrogen and oxygen atoms in total. The van der Waals surface area contributed by atoms with Gasteiger partial charge < -0.3 is 14.8 Å². The number of hydrogen-bond acceptors (Lipinski definition) is 4. The molecule has 2 bridgehead atoms. The van der Waals surface area contributed by atoms with E-state index in [4.69, 9.17) is 0 Å². The van der Waals surface area contributed by atoms with Gasteiger partial charge in [0.25, 0.3) is 5.56 Å². The molecular weight excluding hydrogens is 264 g/mol. The molecule has 1 aromatic heterocycles. The van der Waals surface area contributed by atoms with Gasteiger partial charge in [0.1, 0.15) is 0 Å². The normalized spacial score (nSPS) is 29.6. The van der Waals surface area contributed by atoms with Crippen LogP contribution in [0.5, 0.6) is 0 Å². The van der Waals surface area contributed by atoms with Crippen molar-refractivity contribution in [2.24, 2.45) is 0 Å². The van der Waals surface area contributed by atoms with Crippen LogP contribution < -0.4 is 10.9 Å². The number of fused-ring (bicyclic) bond motifs is 2. The zero-order chi connectivity index (χ0) is 15.0. The van der Waals surface area contributed by atoms with Crippen LogP contribution in [0, 0.1) is 0 Å². The van der Waals surface area contributed by atoms with Crippen molar-refractivity contribution < 1.29 is 0 Å². The largest absolute Gasteiger partial charge is 0.363 e. The van der Waals surface area contributed by atoms with Crippen LogP contribution in [0.25, 0.3) is 0 Å². The summed E-state index contributed by atoms with van der Waals surface area (Å²) in [5, 5.41) is 3.42. The molecule has 116 valence electrons. The van der Waals surface area contributed by atoms with E-state index in [1.807, 2.05) is 13.8 Å². The van der Waals surface area contributed by atoms with E-state index in [-0.39, 0.29) is 11.6 Å². The zero-order valence-electron chi connectivity index (χ0n) is 13.2. The first-order valence-corrected chi connectivity index (χ1v) is 8.12. The van der Waals surface area contributed by atoms with Gasteiger partial charge >= 0.3 is 0 Å². The van der Waals surface area contributed by atoms with Crippen molar-refractivity contribution in [3.8, 4) is 0 Å². The van der Waals surface area contributed by atoms with Crippen molar-refractivity contribution in [1.82, 2.24) is 14.5 Å². The quantitative estimate of drug-likeness (QED) is 0.927.